The largest absolute Gasteiger partial charge is 0.445 e. The molecule has 1 aliphatic rings. The van der Waals surface area contributed by atoms with Gasteiger partial charge in [-0.05, 0) is 57.9 Å². The summed E-state index contributed by atoms with van der Waals surface area (Å²) in [6, 6.07) is 8.52. The summed E-state index contributed by atoms with van der Waals surface area (Å²) in [5, 5.41) is 6.48. The molecule has 5 N–H and O–H groups in total. The van der Waals surface area contributed by atoms with Gasteiger partial charge in [0.25, 0.3) is 5.91 Å². The molecule has 1 aliphatic heterocycles. The smallest absolute Gasteiger partial charge is 0.408 e. The molecule has 0 radical (unpaired) electrons. The molecule has 13 nitrogen and oxygen atoms in total. The lowest BCUT2D eigenvalue weighted by atomic mass is 9.97. The Kier molecular flexibility index (Phi) is 21.3. The Balaban J connectivity index is 0.000000652. The molecule has 1 aromatic rings. The number of rotatable bonds is 13. The van der Waals surface area contributed by atoms with Crippen LogP contribution in [-0.2, 0) is 35.3 Å². The van der Waals surface area contributed by atoms with Crippen molar-refractivity contribution in [1.29, 1.82) is 0 Å². The van der Waals surface area contributed by atoms with E-state index in [9.17, 15) is 28.8 Å². The van der Waals surface area contributed by atoms with E-state index in [-0.39, 0.29) is 31.0 Å². The molecule has 1 heterocycles. The van der Waals surface area contributed by atoms with Crippen LogP contribution in [0, 0.1) is 0 Å². The average molecular weight is 629 g/mol. The van der Waals surface area contributed by atoms with Crippen molar-refractivity contribution in [3.8, 4) is 0 Å². The molecular weight excluding hydrogens is 580 g/mol. The van der Waals surface area contributed by atoms with Gasteiger partial charge >= 0.3 is 6.09 Å². The number of nitrogens with zero attached hydrogens (tertiary/aromatic N) is 2. The lowest BCUT2D eigenvalue weighted by Gasteiger charge is -2.29. The van der Waals surface area contributed by atoms with E-state index in [1.54, 1.807) is 32.8 Å². The van der Waals surface area contributed by atoms with E-state index < -0.39 is 18.0 Å². The number of carbonyl (C=O) groups excluding carboxylic acids is 6. The van der Waals surface area contributed by atoms with E-state index in [1.165, 1.54) is 28.3 Å². The first-order valence-electron chi connectivity index (χ1n) is 14.6. The van der Waals surface area contributed by atoms with Crippen molar-refractivity contribution < 1.29 is 33.5 Å². The van der Waals surface area contributed by atoms with E-state index in [2.05, 4.69) is 29.1 Å². The Morgan fingerprint density at radius 2 is 1.80 bits per heavy atom. The third-order valence-electron chi connectivity index (χ3n) is 6.21. The fraction of sp³-hybridized carbons (Fsp3) is 0.438. The van der Waals surface area contributed by atoms with Crippen LogP contribution in [0.3, 0.4) is 0 Å². The van der Waals surface area contributed by atoms with Gasteiger partial charge in [0.1, 0.15) is 19.2 Å². The minimum atomic E-state index is -0.585. The van der Waals surface area contributed by atoms with E-state index >= 15 is 0 Å². The number of primary amides is 1. The molecule has 0 saturated heterocycles. The molecule has 0 aliphatic carbocycles. The van der Waals surface area contributed by atoms with Crippen molar-refractivity contribution in [2.75, 3.05) is 33.7 Å². The number of hydrogen-bond donors (Lipinski definition) is 4. The Morgan fingerprint density at radius 1 is 1.13 bits per heavy atom. The second kappa shape index (κ2) is 23.8. The first kappa shape index (κ1) is 40.4. The van der Waals surface area contributed by atoms with E-state index in [4.69, 9.17) is 10.5 Å². The van der Waals surface area contributed by atoms with Crippen LogP contribution in [0.5, 0.6) is 0 Å². The number of likely N-dealkylation sites (N-methyl/N-ethyl adjacent to an activating group) is 2. The highest BCUT2D eigenvalue weighted by molar-refractivity contribution is 5.91. The minimum absolute atomic E-state index is 0.00216. The molecule has 4 amide bonds. The van der Waals surface area contributed by atoms with Gasteiger partial charge in [-0.1, -0.05) is 55.0 Å². The summed E-state index contributed by atoms with van der Waals surface area (Å²) in [6.07, 6.45) is 9.29. The minimum Gasteiger partial charge on any atom is -0.445 e. The van der Waals surface area contributed by atoms with Crippen molar-refractivity contribution in [1.82, 2.24) is 26.0 Å². The van der Waals surface area contributed by atoms with Crippen LogP contribution in [0.1, 0.15) is 46.1 Å². The lowest BCUT2D eigenvalue weighted by Crippen LogP contribution is -2.49. The maximum Gasteiger partial charge on any atom is 0.408 e. The molecular formula is C32H48N6O7. The zero-order valence-electron chi connectivity index (χ0n) is 27.1. The molecule has 0 bridgehead atoms. The highest BCUT2D eigenvalue weighted by Crippen LogP contribution is 2.21. The topological polar surface area (TPSA) is 180 Å². The Labute approximate surface area is 265 Å². The van der Waals surface area contributed by atoms with Crippen LogP contribution in [0.15, 0.2) is 65.8 Å². The number of hydrazine groups is 1. The third-order valence-corrected chi connectivity index (χ3v) is 6.21. The van der Waals surface area contributed by atoms with Crippen molar-refractivity contribution >= 4 is 36.4 Å². The molecule has 13 heteroatoms. The molecule has 2 rings (SSSR count). The Bertz CT molecular complexity index is 1180. The number of alkyl carbamates (subject to hydrolysis) is 1. The predicted molar refractivity (Wildman–Crippen MR) is 172 cm³/mol. The van der Waals surface area contributed by atoms with E-state index in [0.717, 1.165) is 24.9 Å². The van der Waals surface area contributed by atoms with Crippen molar-refractivity contribution in [2.24, 2.45) is 5.73 Å². The Hall–Kier alpha value is -4.62. The van der Waals surface area contributed by atoms with Crippen molar-refractivity contribution in [3.63, 3.8) is 0 Å². The number of aldehydes is 2. The molecule has 45 heavy (non-hydrogen) atoms. The highest BCUT2D eigenvalue weighted by atomic mass is 16.5. The zero-order valence-corrected chi connectivity index (χ0v) is 27.1. The zero-order chi connectivity index (χ0) is 34.2. The van der Waals surface area contributed by atoms with E-state index in [1.807, 2.05) is 43.3 Å². The second-order valence-electron chi connectivity index (χ2n) is 9.93. The number of nitrogens with two attached hydrogens (primary N) is 1. The monoisotopic (exact) mass is 628 g/mol. The second-order valence-corrected chi connectivity index (χ2v) is 9.93. The number of nitrogens with one attached hydrogen (secondary N) is 3. The van der Waals surface area contributed by atoms with Gasteiger partial charge in [-0.3, -0.25) is 24.6 Å². The average Bonchev–Trinajstić information content (AvgIpc) is 3.02. The normalized spacial score (nSPS) is 14.0. The molecule has 248 valence electrons. The van der Waals surface area contributed by atoms with Gasteiger partial charge in [-0.2, -0.15) is 0 Å². The van der Waals surface area contributed by atoms with Gasteiger partial charge in [0.05, 0.1) is 18.6 Å². The summed E-state index contributed by atoms with van der Waals surface area (Å²) in [7, 11) is 3.25. The summed E-state index contributed by atoms with van der Waals surface area (Å²) in [6.45, 7) is 9.02. The van der Waals surface area contributed by atoms with Crippen molar-refractivity contribution in [2.45, 2.75) is 59.2 Å². The van der Waals surface area contributed by atoms with Gasteiger partial charge in [0, 0.05) is 26.2 Å². The van der Waals surface area contributed by atoms with Gasteiger partial charge in [0.15, 0.2) is 0 Å². The van der Waals surface area contributed by atoms with E-state index in [0.29, 0.717) is 19.1 Å². The first-order valence-corrected chi connectivity index (χ1v) is 14.6. The van der Waals surface area contributed by atoms with Crippen LogP contribution < -0.4 is 21.8 Å². The number of ether oxygens (including phenoxy) is 1. The SMILES string of the molecule is C/C=C\C1=C(CC)CCN(C(=O)/C=C/C=O)C1.CC(C=O)NC(=O)OCc1ccccc1.CNC(C)C(=O)NN(C)CC(N)=O. The standard InChI is InChI=1S/C14H19NO2.C11H13NO3.C7H16N4O2/c1-3-6-13-11-15(9-8-12(13)4-2)14(17)7-5-10-16;1-9(7-13)12-11(14)15-8-10-5-3-2-4-6-10;1-5(9-2)7(13)10-11(3)4-6(8)12/h3,5-7,10H,4,8-9,11H2,1-2H3;2-7,9H,8H2,1H3,(H,12,14);5,9H,4H2,1-3H3,(H2,8,12)(H,10,13)/b6-3-,7-5+;;. The third kappa shape index (κ3) is 18.6. The highest BCUT2D eigenvalue weighted by Gasteiger charge is 2.19. The summed E-state index contributed by atoms with van der Waals surface area (Å²) in [5.74, 6) is -0.777. The number of carbonyl (C=O) groups is 6. The predicted octanol–water partition coefficient (Wildman–Crippen LogP) is 1.80. The molecule has 1 aromatic carbocycles. The summed E-state index contributed by atoms with van der Waals surface area (Å²) in [5.41, 5.74) is 11.0. The molecule has 0 fully saturated rings. The summed E-state index contributed by atoms with van der Waals surface area (Å²) >= 11 is 0. The molecule has 0 saturated carbocycles. The fourth-order valence-electron chi connectivity index (χ4n) is 3.69. The maximum atomic E-state index is 11.7. The number of hydrogen-bond acceptors (Lipinski definition) is 9. The van der Waals surface area contributed by atoms with Gasteiger partial charge in [-0.25, -0.2) is 9.80 Å². The van der Waals surface area contributed by atoms with Gasteiger partial charge in [0.2, 0.25) is 11.8 Å². The summed E-state index contributed by atoms with van der Waals surface area (Å²) < 4.78 is 4.89. The maximum absolute atomic E-state index is 11.7. The first-order chi connectivity index (χ1) is 21.4. The Morgan fingerprint density at radius 3 is 2.33 bits per heavy atom. The quantitative estimate of drug-likeness (QED) is 0.144. The van der Waals surface area contributed by atoms with Gasteiger partial charge < -0.3 is 30.8 Å². The van der Waals surface area contributed by atoms with Gasteiger partial charge in [-0.15, -0.1) is 0 Å². The van der Waals surface area contributed by atoms with Crippen LogP contribution in [0.2, 0.25) is 0 Å². The number of allylic oxidation sites excluding steroid dienone is 2. The molecule has 0 spiro atoms. The van der Waals surface area contributed by atoms with Crippen LogP contribution >= 0.6 is 0 Å². The fourth-order valence-corrected chi connectivity index (χ4v) is 3.69. The lowest BCUT2D eigenvalue weighted by molar-refractivity contribution is -0.128. The molecule has 0 aromatic heterocycles. The number of amides is 4. The van der Waals surface area contributed by atoms with Crippen LogP contribution in [0.25, 0.3) is 0 Å². The number of benzene rings is 1. The summed E-state index contributed by atoms with van der Waals surface area (Å²) in [4.78, 5) is 66.7. The van der Waals surface area contributed by atoms with Crippen molar-refractivity contribution in [3.05, 3.63) is 71.3 Å². The van der Waals surface area contributed by atoms with Crippen LogP contribution in [0.4, 0.5) is 4.79 Å². The molecule has 2 unspecified atom stereocenters. The van der Waals surface area contributed by atoms with Crippen LogP contribution in [-0.4, -0.2) is 92.1 Å². The molecule has 2 atom stereocenters.